The van der Waals surface area contributed by atoms with Crippen LogP contribution in [0.15, 0.2) is 22.9 Å². The van der Waals surface area contributed by atoms with Crippen LogP contribution in [-0.4, -0.2) is 32.2 Å². The van der Waals surface area contributed by atoms with Crippen molar-refractivity contribution in [1.82, 2.24) is 25.1 Å². The first-order chi connectivity index (χ1) is 10.6. The molecule has 3 rings (SSSR count). The van der Waals surface area contributed by atoms with Gasteiger partial charge in [0, 0.05) is 11.9 Å². The van der Waals surface area contributed by atoms with Crippen LogP contribution in [0.2, 0.25) is 0 Å². The number of nitrogens with zero attached hydrogens (tertiary/aromatic N) is 4. The highest BCUT2D eigenvalue weighted by Crippen LogP contribution is 2.27. The summed E-state index contributed by atoms with van der Waals surface area (Å²) in [5.74, 6) is 1.43. The molecule has 6 nitrogen and oxygen atoms in total. The van der Waals surface area contributed by atoms with Crippen molar-refractivity contribution < 1.29 is 4.79 Å². The molecule has 0 saturated heterocycles. The second-order valence-electron chi connectivity index (χ2n) is 4.70. The van der Waals surface area contributed by atoms with Crippen LogP contribution in [0.1, 0.15) is 22.1 Å². The molecule has 0 aliphatic carbocycles. The van der Waals surface area contributed by atoms with E-state index in [2.05, 4.69) is 20.4 Å². The summed E-state index contributed by atoms with van der Waals surface area (Å²) in [6, 6.07) is 3.98. The van der Waals surface area contributed by atoms with Gasteiger partial charge in [-0.05, 0) is 25.3 Å². The minimum atomic E-state index is -0.159. The molecule has 0 bridgehead atoms. The van der Waals surface area contributed by atoms with Gasteiger partial charge in [-0.2, -0.15) is 5.10 Å². The third-order valence-electron chi connectivity index (χ3n) is 3.04. The first-order valence-corrected chi connectivity index (χ1v) is 8.55. The Kier molecular flexibility index (Phi) is 4.30. The van der Waals surface area contributed by atoms with Crippen LogP contribution in [0, 0.1) is 13.8 Å². The molecule has 1 N–H and O–H groups in total. The smallest absolute Gasteiger partial charge is 0.270 e. The number of carbonyl (C=O) groups is 1. The van der Waals surface area contributed by atoms with Crippen molar-refractivity contribution in [2.24, 2.45) is 0 Å². The Morgan fingerprint density at radius 2 is 2.18 bits per heavy atom. The molecule has 8 heteroatoms. The first kappa shape index (κ1) is 14.9. The predicted molar refractivity (Wildman–Crippen MR) is 87.3 cm³/mol. The molecule has 0 fully saturated rings. The summed E-state index contributed by atoms with van der Waals surface area (Å²) in [7, 11) is 0. The third kappa shape index (κ3) is 3.23. The van der Waals surface area contributed by atoms with Gasteiger partial charge in [0.2, 0.25) is 0 Å². The van der Waals surface area contributed by atoms with Gasteiger partial charge in [0.05, 0.1) is 11.4 Å². The molecule has 0 unspecified atom stereocenters. The number of thiazole rings is 1. The molecular weight excluding hydrogens is 318 g/mol. The summed E-state index contributed by atoms with van der Waals surface area (Å²) in [5, 5.41) is 11.8. The van der Waals surface area contributed by atoms with Crippen LogP contribution in [0.5, 0.6) is 0 Å². The molecule has 3 aromatic heterocycles. The number of nitrogens with one attached hydrogen (secondary N) is 1. The number of aryl methyl sites for hydroxylation is 2. The van der Waals surface area contributed by atoms with Gasteiger partial charge in [0.1, 0.15) is 22.4 Å². The first-order valence-electron chi connectivity index (χ1n) is 6.79. The van der Waals surface area contributed by atoms with Gasteiger partial charge in [0.25, 0.3) is 5.91 Å². The summed E-state index contributed by atoms with van der Waals surface area (Å²) in [6.45, 7) is 4.84. The van der Waals surface area contributed by atoms with Crippen molar-refractivity contribution in [3.05, 3.63) is 40.2 Å². The Morgan fingerprint density at radius 1 is 1.32 bits per heavy atom. The minimum absolute atomic E-state index is 0.159. The number of hydrogen-bond donors (Lipinski definition) is 1. The van der Waals surface area contributed by atoms with E-state index in [0.717, 1.165) is 21.5 Å². The molecule has 1 amide bonds. The van der Waals surface area contributed by atoms with E-state index in [9.17, 15) is 4.79 Å². The highest BCUT2D eigenvalue weighted by Gasteiger charge is 2.12. The largest absolute Gasteiger partial charge is 0.349 e. The zero-order chi connectivity index (χ0) is 15.5. The van der Waals surface area contributed by atoms with Crippen LogP contribution in [0.25, 0.3) is 9.88 Å². The van der Waals surface area contributed by atoms with Gasteiger partial charge in [-0.25, -0.2) is 14.6 Å². The minimum Gasteiger partial charge on any atom is -0.349 e. The van der Waals surface area contributed by atoms with E-state index in [4.69, 9.17) is 0 Å². The molecule has 3 heterocycles. The van der Waals surface area contributed by atoms with Crippen LogP contribution in [-0.2, 0) is 6.54 Å². The van der Waals surface area contributed by atoms with E-state index in [1.54, 1.807) is 21.4 Å². The molecule has 0 aliphatic rings. The van der Waals surface area contributed by atoms with E-state index in [1.807, 2.05) is 31.4 Å². The molecular formula is C14H15N5OS2. The van der Waals surface area contributed by atoms with Crippen LogP contribution >= 0.6 is 22.7 Å². The summed E-state index contributed by atoms with van der Waals surface area (Å²) >= 11 is 3.10. The van der Waals surface area contributed by atoms with E-state index in [1.165, 1.54) is 11.3 Å². The molecule has 3 aromatic rings. The number of rotatable bonds is 5. The quantitative estimate of drug-likeness (QED) is 0.779. The maximum atomic E-state index is 12.1. The molecule has 0 saturated carbocycles. The van der Waals surface area contributed by atoms with Gasteiger partial charge in [-0.3, -0.25) is 4.79 Å². The number of hydrogen-bond acceptors (Lipinski definition) is 6. The molecule has 0 radical (unpaired) electrons. The maximum absolute atomic E-state index is 12.1. The van der Waals surface area contributed by atoms with E-state index >= 15 is 0 Å². The van der Waals surface area contributed by atoms with Crippen molar-refractivity contribution in [3.8, 4) is 9.88 Å². The predicted octanol–water partition coefficient (Wildman–Crippen LogP) is 2.51. The summed E-state index contributed by atoms with van der Waals surface area (Å²) < 4.78 is 1.79. The van der Waals surface area contributed by atoms with E-state index in [0.29, 0.717) is 18.8 Å². The van der Waals surface area contributed by atoms with E-state index in [-0.39, 0.29) is 5.91 Å². The zero-order valence-corrected chi connectivity index (χ0v) is 13.9. The van der Waals surface area contributed by atoms with Crippen molar-refractivity contribution in [2.45, 2.75) is 20.4 Å². The van der Waals surface area contributed by atoms with E-state index < -0.39 is 0 Å². The van der Waals surface area contributed by atoms with Crippen LogP contribution < -0.4 is 5.32 Å². The van der Waals surface area contributed by atoms with Crippen molar-refractivity contribution >= 4 is 28.6 Å². The molecule has 0 atom stereocenters. The second kappa shape index (κ2) is 6.37. The van der Waals surface area contributed by atoms with Gasteiger partial charge in [0.15, 0.2) is 0 Å². The monoisotopic (exact) mass is 333 g/mol. The maximum Gasteiger partial charge on any atom is 0.270 e. The van der Waals surface area contributed by atoms with Gasteiger partial charge < -0.3 is 5.32 Å². The highest BCUT2D eigenvalue weighted by atomic mass is 32.1. The topological polar surface area (TPSA) is 72.7 Å². The van der Waals surface area contributed by atoms with Crippen LogP contribution in [0.4, 0.5) is 0 Å². The summed E-state index contributed by atoms with van der Waals surface area (Å²) in [4.78, 5) is 21.8. The third-order valence-corrected chi connectivity index (χ3v) is 4.92. The lowest BCUT2D eigenvalue weighted by Crippen LogP contribution is -2.28. The molecule has 0 aromatic carbocycles. The van der Waals surface area contributed by atoms with Crippen molar-refractivity contribution in [2.75, 3.05) is 6.54 Å². The average molecular weight is 333 g/mol. The highest BCUT2D eigenvalue weighted by molar-refractivity contribution is 7.20. The Morgan fingerprint density at radius 3 is 2.86 bits per heavy atom. The van der Waals surface area contributed by atoms with Crippen molar-refractivity contribution in [3.63, 3.8) is 0 Å². The lowest BCUT2D eigenvalue weighted by Gasteiger charge is -2.04. The Labute approximate surface area is 135 Å². The van der Waals surface area contributed by atoms with Gasteiger partial charge in [-0.1, -0.05) is 6.07 Å². The van der Waals surface area contributed by atoms with Gasteiger partial charge >= 0.3 is 0 Å². The second-order valence-corrected chi connectivity index (χ2v) is 6.51. The Balaban J connectivity index is 1.57. The van der Waals surface area contributed by atoms with Gasteiger partial charge in [-0.15, -0.1) is 22.7 Å². The zero-order valence-electron chi connectivity index (χ0n) is 12.2. The average Bonchev–Trinajstić information content (AvgIpc) is 3.19. The number of aromatic nitrogens is 4. The fraction of sp³-hybridized carbons (Fsp3) is 0.286. The summed E-state index contributed by atoms with van der Waals surface area (Å²) in [6.07, 6.45) is 0. The molecule has 0 aliphatic heterocycles. The summed E-state index contributed by atoms with van der Waals surface area (Å²) in [5.41, 5.74) is 0.458. The lowest BCUT2D eigenvalue weighted by molar-refractivity contribution is 0.0947. The Bertz CT molecular complexity index is 775. The molecule has 22 heavy (non-hydrogen) atoms. The van der Waals surface area contributed by atoms with Crippen molar-refractivity contribution in [1.29, 1.82) is 0 Å². The van der Waals surface area contributed by atoms with Crippen LogP contribution in [0.3, 0.4) is 0 Å². The Hall–Kier alpha value is -2.06. The fourth-order valence-corrected chi connectivity index (χ4v) is 3.64. The normalized spacial score (nSPS) is 10.8. The lowest BCUT2D eigenvalue weighted by atomic mass is 10.4. The number of amides is 1. The number of thiophene rings is 1. The SMILES string of the molecule is Cc1nc(C)n(CCNC(=O)c2csc(-c3cccs3)n2)n1. The standard InChI is InChI=1S/C14H15N5OS2/c1-9-16-10(2)19(18-9)6-5-15-13(20)11-8-22-14(17-11)12-4-3-7-21-12/h3-4,7-8H,5-6H2,1-2H3,(H,15,20). The molecule has 114 valence electrons. The fourth-order valence-electron chi connectivity index (χ4n) is 2.03. The molecule has 0 spiro atoms. The number of carbonyl (C=O) groups excluding carboxylic acids is 1.